The maximum absolute atomic E-state index is 11.7. The summed E-state index contributed by atoms with van der Waals surface area (Å²) in [7, 11) is 3.17. The van der Waals surface area contributed by atoms with Gasteiger partial charge in [-0.05, 0) is 23.6 Å². The molecule has 9 heteroatoms. The highest BCUT2D eigenvalue weighted by Crippen LogP contribution is 2.31. The van der Waals surface area contributed by atoms with E-state index >= 15 is 0 Å². The molecular weight excluding hydrogens is 370 g/mol. The summed E-state index contributed by atoms with van der Waals surface area (Å²) in [6.07, 6.45) is 1.25. The number of carbonyl (C=O) groups is 2. The van der Waals surface area contributed by atoms with Crippen LogP contribution in [0.25, 0.3) is 10.8 Å². The normalized spacial score (nSPS) is 18.2. The number of hydrogen-bond donors (Lipinski definition) is 2. The smallest absolute Gasteiger partial charge is 0.305 e. The van der Waals surface area contributed by atoms with Gasteiger partial charge >= 0.3 is 5.97 Å². The van der Waals surface area contributed by atoms with Gasteiger partial charge in [-0.2, -0.15) is 5.10 Å². The van der Waals surface area contributed by atoms with Crippen LogP contribution < -0.4 is 14.8 Å². The van der Waals surface area contributed by atoms with Crippen molar-refractivity contribution in [2.24, 2.45) is 10.2 Å². The molecule has 2 aromatic carbocycles. The van der Waals surface area contributed by atoms with Crippen molar-refractivity contribution in [3.8, 4) is 11.5 Å². The first-order chi connectivity index (χ1) is 13.0. The summed E-state index contributed by atoms with van der Waals surface area (Å²) in [6, 6.07) is 9.47. The summed E-state index contributed by atoms with van der Waals surface area (Å²) in [4.78, 5) is 22.4. The zero-order valence-corrected chi connectivity index (χ0v) is 15.4. The van der Waals surface area contributed by atoms with Gasteiger partial charge in [-0.15, -0.1) is 5.10 Å². The zero-order chi connectivity index (χ0) is 19.4. The molecule has 2 N–H and O–H groups in total. The van der Waals surface area contributed by atoms with Crippen molar-refractivity contribution >= 4 is 45.8 Å². The molecule has 1 heterocycles. The van der Waals surface area contributed by atoms with Gasteiger partial charge in [-0.1, -0.05) is 23.9 Å². The third-order valence-corrected chi connectivity index (χ3v) is 4.96. The molecule has 3 rings (SSSR count). The summed E-state index contributed by atoms with van der Waals surface area (Å²) in [5.41, 5.74) is 0.707. The zero-order valence-electron chi connectivity index (χ0n) is 14.6. The van der Waals surface area contributed by atoms with Gasteiger partial charge < -0.3 is 19.9 Å². The van der Waals surface area contributed by atoms with Gasteiger partial charge in [-0.3, -0.25) is 9.59 Å². The number of fused-ring (bicyclic) bond motifs is 1. The third-order valence-electron chi connectivity index (χ3n) is 3.89. The van der Waals surface area contributed by atoms with Crippen LogP contribution in [0.3, 0.4) is 0 Å². The van der Waals surface area contributed by atoms with E-state index in [2.05, 4.69) is 15.5 Å². The fourth-order valence-corrected chi connectivity index (χ4v) is 3.55. The van der Waals surface area contributed by atoms with Crippen LogP contribution in [0.15, 0.2) is 40.5 Å². The molecule has 1 atom stereocenters. The molecule has 1 unspecified atom stereocenters. The van der Waals surface area contributed by atoms with Gasteiger partial charge in [0.15, 0.2) is 5.17 Å². The van der Waals surface area contributed by atoms with Crippen LogP contribution in [0.1, 0.15) is 12.0 Å². The molecule has 0 saturated carbocycles. The largest absolute Gasteiger partial charge is 0.496 e. The lowest BCUT2D eigenvalue weighted by Gasteiger charge is -2.09. The van der Waals surface area contributed by atoms with Crippen LogP contribution >= 0.6 is 11.8 Å². The number of carboxylic acids is 1. The minimum atomic E-state index is -1.04. The molecule has 140 valence electrons. The second-order valence-electron chi connectivity index (χ2n) is 5.62. The monoisotopic (exact) mass is 387 g/mol. The number of ether oxygens (including phenoxy) is 2. The van der Waals surface area contributed by atoms with E-state index in [9.17, 15) is 9.59 Å². The second kappa shape index (κ2) is 8.09. The molecule has 1 fully saturated rings. The highest BCUT2D eigenvalue weighted by atomic mass is 32.2. The number of rotatable bonds is 6. The molecule has 2 aromatic rings. The number of aliphatic carboxylic acids is 1. The predicted molar refractivity (Wildman–Crippen MR) is 104 cm³/mol. The SMILES string of the molecule is COc1cc2c(OC)cccc2cc1C=NN=C1NC(=O)C(CC(=O)O)S1. The van der Waals surface area contributed by atoms with Crippen molar-refractivity contribution < 1.29 is 24.2 Å². The molecule has 1 aliphatic rings. The van der Waals surface area contributed by atoms with Gasteiger partial charge in [0.2, 0.25) is 5.91 Å². The molecule has 1 aliphatic heterocycles. The van der Waals surface area contributed by atoms with Crippen molar-refractivity contribution in [1.29, 1.82) is 0 Å². The van der Waals surface area contributed by atoms with Crippen molar-refractivity contribution in [3.63, 3.8) is 0 Å². The molecular formula is C18H17N3O5S. The number of nitrogens with one attached hydrogen (secondary N) is 1. The summed E-state index contributed by atoms with van der Waals surface area (Å²) >= 11 is 1.05. The summed E-state index contributed by atoms with van der Waals surface area (Å²) in [5.74, 6) is -0.0812. The second-order valence-corrected chi connectivity index (χ2v) is 6.81. The first kappa shape index (κ1) is 18.7. The van der Waals surface area contributed by atoms with E-state index in [0.29, 0.717) is 11.3 Å². The molecule has 0 radical (unpaired) electrons. The molecule has 0 bridgehead atoms. The summed E-state index contributed by atoms with van der Waals surface area (Å²) in [6.45, 7) is 0. The fraction of sp³-hybridized carbons (Fsp3) is 0.222. The Balaban J connectivity index is 1.84. The number of carboxylic acid groups (broad SMARTS) is 1. The summed E-state index contributed by atoms with van der Waals surface area (Å²) < 4.78 is 10.8. The Hall–Kier alpha value is -3.07. The number of amides is 1. The molecule has 0 aliphatic carbocycles. The standard InChI is InChI=1S/C18H17N3O5S/c1-25-13-5-3-4-10-6-11(14(26-2)7-12(10)13)9-19-21-18-20-17(24)15(27-18)8-16(22)23/h3-7,9,15H,8H2,1-2H3,(H,22,23)(H,20,21,24). The quantitative estimate of drug-likeness (QED) is 0.581. The number of hydrogen-bond acceptors (Lipinski definition) is 7. The molecule has 8 nitrogen and oxygen atoms in total. The van der Waals surface area contributed by atoms with Gasteiger partial charge in [0.25, 0.3) is 0 Å². The predicted octanol–water partition coefficient (Wildman–Crippen LogP) is 2.25. The summed E-state index contributed by atoms with van der Waals surface area (Å²) in [5, 5.41) is 20.7. The Labute approximate surface area is 159 Å². The minimum absolute atomic E-state index is 0.264. The number of nitrogens with zero attached hydrogens (tertiary/aromatic N) is 2. The van der Waals surface area contributed by atoms with Gasteiger partial charge in [-0.25, -0.2) is 0 Å². The fourth-order valence-electron chi connectivity index (χ4n) is 2.64. The number of amidine groups is 1. The average molecular weight is 387 g/mol. The van der Waals surface area contributed by atoms with E-state index in [-0.39, 0.29) is 17.5 Å². The number of carbonyl (C=O) groups excluding carboxylic acids is 1. The van der Waals surface area contributed by atoms with Crippen LogP contribution in [-0.4, -0.2) is 47.8 Å². The van der Waals surface area contributed by atoms with Crippen molar-refractivity contribution in [1.82, 2.24) is 5.32 Å². The first-order valence-electron chi connectivity index (χ1n) is 7.97. The lowest BCUT2D eigenvalue weighted by molar-refractivity contribution is -0.138. The van der Waals surface area contributed by atoms with E-state index in [1.165, 1.54) is 6.21 Å². The van der Waals surface area contributed by atoms with E-state index in [1.807, 2.05) is 30.3 Å². The van der Waals surface area contributed by atoms with Crippen LogP contribution in [-0.2, 0) is 9.59 Å². The molecule has 1 saturated heterocycles. The lowest BCUT2D eigenvalue weighted by Crippen LogP contribution is -2.26. The molecule has 27 heavy (non-hydrogen) atoms. The molecule has 0 spiro atoms. The topological polar surface area (TPSA) is 110 Å². The Morgan fingerprint density at radius 2 is 2.07 bits per heavy atom. The Morgan fingerprint density at radius 1 is 1.30 bits per heavy atom. The number of thioether (sulfide) groups is 1. The van der Waals surface area contributed by atoms with E-state index in [0.717, 1.165) is 28.3 Å². The Bertz CT molecular complexity index is 957. The van der Waals surface area contributed by atoms with Gasteiger partial charge in [0, 0.05) is 10.9 Å². The number of methoxy groups -OCH3 is 2. The van der Waals surface area contributed by atoms with Crippen LogP contribution in [0.5, 0.6) is 11.5 Å². The van der Waals surface area contributed by atoms with E-state index < -0.39 is 11.2 Å². The maximum Gasteiger partial charge on any atom is 0.305 e. The molecule has 0 aromatic heterocycles. The minimum Gasteiger partial charge on any atom is -0.496 e. The third kappa shape index (κ3) is 4.20. The Kier molecular flexibility index (Phi) is 5.60. The van der Waals surface area contributed by atoms with Crippen molar-refractivity contribution in [3.05, 3.63) is 35.9 Å². The highest BCUT2D eigenvalue weighted by Gasteiger charge is 2.32. The number of benzene rings is 2. The first-order valence-corrected chi connectivity index (χ1v) is 8.85. The van der Waals surface area contributed by atoms with Crippen molar-refractivity contribution in [2.75, 3.05) is 14.2 Å². The van der Waals surface area contributed by atoms with Crippen LogP contribution in [0.2, 0.25) is 0 Å². The highest BCUT2D eigenvalue weighted by molar-refractivity contribution is 8.15. The van der Waals surface area contributed by atoms with Gasteiger partial charge in [0.05, 0.1) is 26.9 Å². The molecule has 1 amide bonds. The van der Waals surface area contributed by atoms with Crippen LogP contribution in [0, 0.1) is 0 Å². The maximum atomic E-state index is 11.7. The van der Waals surface area contributed by atoms with Crippen molar-refractivity contribution in [2.45, 2.75) is 11.7 Å². The van der Waals surface area contributed by atoms with E-state index in [1.54, 1.807) is 14.2 Å². The van der Waals surface area contributed by atoms with Crippen LogP contribution in [0.4, 0.5) is 0 Å². The Morgan fingerprint density at radius 3 is 2.78 bits per heavy atom. The van der Waals surface area contributed by atoms with Gasteiger partial charge in [0.1, 0.15) is 16.7 Å². The average Bonchev–Trinajstić information content (AvgIpc) is 2.99. The van der Waals surface area contributed by atoms with E-state index in [4.69, 9.17) is 14.6 Å². The lowest BCUT2D eigenvalue weighted by atomic mass is 10.1.